The summed E-state index contributed by atoms with van der Waals surface area (Å²) in [6.07, 6.45) is -0.0817. The first-order valence-electron chi connectivity index (χ1n) is 7.54. The summed E-state index contributed by atoms with van der Waals surface area (Å²) in [7, 11) is 3.00. The van der Waals surface area contributed by atoms with Gasteiger partial charge in [0.15, 0.2) is 11.5 Å². The first kappa shape index (κ1) is 19.2. The van der Waals surface area contributed by atoms with Gasteiger partial charge in [-0.2, -0.15) is 0 Å². The highest BCUT2D eigenvalue weighted by atomic mass is 35.5. The molecule has 25 heavy (non-hydrogen) atoms. The Morgan fingerprint density at radius 1 is 1.04 bits per heavy atom. The van der Waals surface area contributed by atoms with Crippen molar-refractivity contribution in [1.82, 2.24) is 0 Å². The highest BCUT2D eigenvalue weighted by Crippen LogP contribution is 2.37. The Labute approximate surface area is 156 Å². The summed E-state index contributed by atoms with van der Waals surface area (Å²) in [6, 6.07) is 8.04. The van der Waals surface area contributed by atoms with Crippen molar-refractivity contribution in [3.05, 3.63) is 45.9 Å². The van der Waals surface area contributed by atoms with Crippen molar-refractivity contribution < 1.29 is 19.0 Å². The zero-order chi connectivity index (χ0) is 18.6. The molecule has 0 radical (unpaired) electrons. The topological polar surface area (TPSA) is 56.8 Å². The molecule has 0 aliphatic rings. The molecule has 0 atom stereocenters. The number of hydrogen-bond donors (Lipinski definition) is 1. The predicted molar refractivity (Wildman–Crippen MR) is 99.7 cm³/mol. The third kappa shape index (κ3) is 4.71. The minimum atomic E-state index is -0.378. The molecule has 0 unspecified atom stereocenters. The lowest BCUT2D eigenvalue weighted by Gasteiger charge is -2.16. The van der Waals surface area contributed by atoms with Crippen LogP contribution in [-0.2, 0) is 0 Å². The quantitative estimate of drug-likeness (QED) is 0.757. The number of rotatable bonds is 6. The van der Waals surface area contributed by atoms with Gasteiger partial charge in [0, 0.05) is 10.6 Å². The van der Waals surface area contributed by atoms with E-state index >= 15 is 0 Å². The van der Waals surface area contributed by atoms with Gasteiger partial charge in [0.05, 0.1) is 31.0 Å². The Bertz CT molecular complexity index is 778. The minimum absolute atomic E-state index is 0.0817. The van der Waals surface area contributed by atoms with Crippen LogP contribution in [0.3, 0.4) is 0 Å². The zero-order valence-electron chi connectivity index (χ0n) is 14.4. The number of carbonyl (C=O) groups excluding carboxylic acids is 1. The first-order chi connectivity index (χ1) is 11.8. The number of hydrogen-bond acceptors (Lipinski definition) is 4. The maximum Gasteiger partial charge on any atom is 0.255 e. The van der Waals surface area contributed by atoms with Crippen molar-refractivity contribution in [2.24, 2.45) is 0 Å². The number of benzene rings is 2. The fourth-order valence-electron chi connectivity index (χ4n) is 2.17. The molecule has 0 aromatic heterocycles. The molecule has 0 bridgehead atoms. The van der Waals surface area contributed by atoms with Gasteiger partial charge in [0.2, 0.25) is 0 Å². The van der Waals surface area contributed by atoms with Gasteiger partial charge in [-0.15, -0.1) is 0 Å². The molecule has 0 aliphatic carbocycles. The van der Waals surface area contributed by atoms with Gasteiger partial charge in [-0.05, 0) is 44.2 Å². The van der Waals surface area contributed by atoms with E-state index < -0.39 is 0 Å². The molecule has 2 aromatic rings. The van der Waals surface area contributed by atoms with Crippen molar-refractivity contribution in [3.8, 4) is 17.2 Å². The fourth-order valence-corrected chi connectivity index (χ4v) is 2.60. The molecule has 0 saturated carbocycles. The third-order valence-electron chi connectivity index (χ3n) is 3.25. The summed E-state index contributed by atoms with van der Waals surface area (Å²) in [5.74, 6) is 0.896. The average molecular weight is 384 g/mol. The number of ether oxygens (including phenoxy) is 3. The van der Waals surface area contributed by atoms with E-state index in [1.807, 2.05) is 13.8 Å². The lowest BCUT2D eigenvalue weighted by molar-refractivity contribution is 0.102. The van der Waals surface area contributed by atoms with Crippen molar-refractivity contribution in [2.45, 2.75) is 20.0 Å². The predicted octanol–water partition coefficient (Wildman–Crippen LogP) is 5.05. The number of carbonyl (C=O) groups is 1. The summed E-state index contributed by atoms with van der Waals surface area (Å²) in [5.41, 5.74) is 0.776. The van der Waals surface area contributed by atoms with Crippen molar-refractivity contribution in [3.63, 3.8) is 0 Å². The second kappa shape index (κ2) is 8.32. The molecule has 0 saturated heterocycles. The normalized spacial score (nSPS) is 10.5. The van der Waals surface area contributed by atoms with Gasteiger partial charge in [-0.25, -0.2) is 0 Å². The van der Waals surface area contributed by atoms with E-state index in [1.54, 1.807) is 24.3 Å². The standard InChI is InChI=1S/C18H19Cl2NO4/c1-10(2)25-17-13(20)7-11(8-16(17)24-4)18(22)21-14-9-12(19)5-6-15(14)23-3/h5-10H,1-4H3,(H,21,22). The van der Waals surface area contributed by atoms with Crippen molar-refractivity contribution >= 4 is 34.8 Å². The molecule has 134 valence electrons. The first-order valence-corrected chi connectivity index (χ1v) is 8.30. The number of methoxy groups -OCH3 is 2. The minimum Gasteiger partial charge on any atom is -0.495 e. The molecule has 2 aromatic carbocycles. The van der Waals surface area contributed by atoms with E-state index in [0.29, 0.717) is 33.5 Å². The van der Waals surface area contributed by atoms with E-state index in [-0.39, 0.29) is 17.0 Å². The van der Waals surface area contributed by atoms with E-state index in [4.69, 9.17) is 37.4 Å². The second-order valence-electron chi connectivity index (χ2n) is 5.45. The van der Waals surface area contributed by atoms with Crippen LogP contribution in [0.1, 0.15) is 24.2 Å². The van der Waals surface area contributed by atoms with Crippen LogP contribution in [0.2, 0.25) is 10.0 Å². The van der Waals surface area contributed by atoms with Crippen molar-refractivity contribution in [2.75, 3.05) is 19.5 Å². The Morgan fingerprint density at radius 2 is 1.72 bits per heavy atom. The van der Waals surface area contributed by atoms with E-state index in [1.165, 1.54) is 20.3 Å². The number of halogens is 2. The molecule has 1 N–H and O–H groups in total. The van der Waals surface area contributed by atoms with Crippen LogP contribution in [0.5, 0.6) is 17.2 Å². The molecule has 0 aliphatic heterocycles. The molecule has 0 fully saturated rings. The number of nitrogens with one attached hydrogen (secondary N) is 1. The highest BCUT2D eigenvalue weighted by Gasteiger charge is 2.18. The van der Waals surface area contributed by atoms with Crippen LogP contribution in [0.4, 0.5) is 5.69 Å². The SMILES string of the molecule is COc1ccc(Cl)cc1NC(=O)c1cc(Cl)c(OC(C)C)c(OC)c1. The highest BCUT2D eigenvalue weighted by molar-refractivity contribution is 6.33. The van der Waals surface area contributed by atoms with Crippen LogP contribution < -0.4 is 19.5 Å². The summed E-state index contributed by atoms with van der Waals surface area (Å²) in [4.78, 5) is 12.6. The van der Waals surface area contributed by atoms with E-state index in [0.717, 1.165) is 0 Å². The van der Waals surface area contributed by atoms with Gasteiger partial charge >= 0.3 is 0 Å². The summed E-state index contributed by atoms with van der Waals surface area (Å²) < 4.78 is 16.2. The van der Waals surface area contributed by atoms with Gasteiger partial charge in [0.25, 0.3) is 5.91 Å². The summed E-state index contributed by atoms with van der Waals surface area (Å²) in [5, 5.41) is 3.52. The molecule has 0 spiro atoms. The van der Waals surface area contributed by atoms with E-state index in [2.05, 4.69) is 5.32 Å². The van der Waals surface area contributed by atoms with Crippen molar-refractivity contribution in [1.29, 1.82) is 0 Å². The van der Waals surface area contributed by atoms with E-state index in [9.17, 15) is 4.79 Å². The number of anilines is 1. The van der Waals surface area contributed by atoms with Crippen LogP contribution in [0.25, 0.3) is 0 Å². The van der Waals surface area contributed by atoms with Crippen LogP contribution in [-0.4, -0.2) is 26.2 Å². The molecule has 5 nitrogen and oxygen atoms in total. The lowest BCUT2D eigenvalue weighted by atomic mass is 10.1. The molecular formula is C18H19Cl2NO4. The monoisotopic (exact) mass is 383 g/mol. The van der Waals surface area contributed by atoms with Gasteiger partial charge in [-0.3, -0.25) is 4.79 Å². The van der Waals surface area contributed by atoms with Gasteiger partial charge < -0.3 is 19.5 Å². The maximum atomic E-state index is 12.6. The van der Waals surface area contributed by atoms with Crippen LogP contribution >= 0.6 is 23.2 Å². The van der Waals surface area contributed by atoms with Crippen LogP contribution in [0, 0.1) is 0 Å². The molecule has 2 rings (SSSR count). The third-order valence-corrected chi connectivity index (χ3v) is 3.77. The van der Waals surface area contributed by atoms with Crippen LogP contribution in [0.15, 0.2) is 30.3 Å². The van der Waals surface area contributed by atoms with Gasteiger partial charge in [0.1, 0.15) is 5.75 Å². The summed E-state index contributed by atoms with van der Waals surface area (Å²) >= 11 is 12.2. The molecular weight excluding hydrogens is 365 g/mol. The number of amides is 1. The zero-order valence-corrected chi connectivity index (χ0v) is 15.9. The van der Waals surface area contributed by atoms with Gasteiger partial charge in [-0.1, -0.05) is 23.2 Å². The maximum absolute atomic E-state index is 12.6. The Hall–Kier alpha value is -2.11. The Balaban J connectivity index is 2.34. The second-order valence-corrected chi connectivity index (χ2v) is 6.30. The fraction of sp³-hybridized carbons (Fsp3) is 0.278. The smallest absolute Gasteiger partial charge is 0.255 e. The molecule has 0 heterocycles. The Kier molecular flexibility index (Phi) is 6.39. The Morgan fingerprint density at radius 3 is 2.32 bits per heavy atom. The lowest BCUT2D eigenvalue weighted by Crippen LogP contribution is -2.14. The molecule has 1 amide bonds. The average Bonchev–Trinajstić information content (AvgIpc) is 2.56. The largest absolute Gasteiger partial charge is 0.495 e. The summed E-state index contributed by atoms with van der Waals surface area (Å²) in [6.45, 7) is 3.75. The molecule has 7 heteroatoms.